The molecular weight excluding hydrogens is 334 g/mol. The largest absolute Gasteiger partial charge is 0.490 e. The number of hydrogen-bond donors (Lipinski definition) is 2. The normalized spacial score (nSPS) is 12.5. The second-order valence-corrected chi connectivity index (χ2v) is 6.10. The molecule has 0 aliphatic rings. The van der Waals surface area contributed by atoms with Crippen LogP contribution in [-0.2, 0) is 6.54 Å². The van der Waals surface area contributed by atoms with Crippen molar-refractivity contribution in [1.29, 1.82) is 0 Å². The van der Waals surface area contributed by atoms with E-state index in [1.807, 2.05) is 26.0 Å². The van der Waals surface area contributed by atoms with Gasteiger partial charge in [0.1, 0.15) is 6.61 Å². The van der Waals surface area contributed by atoms with Gasteiger partial charge in [-0.3, -0.25) is 0 Å². The molecule has 1 atom stereocenters. The predicted molar refractivity (Wildman–Crippen MR) is 89.1 cm³/mol. The van der Waals surface area contributed by atoms with Crippen molar-refractivity contribution < 1.29 is 14.6 Å². The molecule has 0 aromatic heterocycles. The summed E-state index contributed by atoms with van der Waals surface area (Å²) >= 11 is 3.53. The van der Waals surface area contributed by atoms with Crippen molar-refractivity contribution in [3.05, 3.63) is 22.2 Å². The zero-order valence-corrected chi connectivity index (χ0v) is 14.9. The molecule has 0 heterocycles. The Kier molecular flexibility index (Phi) is 8.07. The summed E-state index contributed by atoms with van der Waals surface area (Å²) in [7, 11) is 0. The fourth-order valence-electron chi connectivity index (χ4n) is 1.75. The van der Waals surface area contributed by atoms with Crippen LogP contribution < -0.4 is 14.8 Å². The number of rotatable bonds is 9. The minimum absolute atomic E-state index is 0.263. The summed E-state index contributed by atoms with van der Waals surface area (Å²) in [6.07, 6.45) is 0.200. The minimum Gasteiger partial charge on any atom is -0.490 e. The van der Waals surface area contributed by atoms with E-state index in [-0.39, 0.29) is 6.61 Å². The van der Waals surface area contributed by atoms with E-state index in [9.17, 15) is 5.11 Å². The van der Waals surface area contributed by atoms with E-state index in [1.54, 1.807) is 0 Å². The van der Waals surface area contributed by atoms with Crippen molar-refractivity contribution in [3.63, 3.8) is 0 Å². The van der Waals surface area contributed by atoms with Crippen LogP contribution in [-0.4, -0.2) is 30.5 Å². The highest BCUT2D eigenvalue weighted by Gasteiger charge is 2.14. The molecule has 1 aromatic carbocycles. The van der Waals surface area contributed by atoms with Crippen LogP contribution in [0.2, 0.25) is 0 Å². The lowest BCUT2D eigenvalue weighted by Gasteiger charge is -2.17. The van der Waals surface area contributed by atoms with E-state index < -0.39 is 6.10 Å². The number of nitrogens with one attached hydrogen (secondary N) is 1. The molecule has 0 saturated heterocycles. The van der Waals surface area contributed by atoms with E-state index in [0.29, 0.717) is 30.6 Å². The Morgan fingerprint density at radius 1 is 1.24 bits per heavy atom. The molecular formula is C16H26BrNO3. The summed E-state index contributed by atoms with van der Waals surface area (Å²) in [6, 6.07) is 4.43. The molecule has 2 N–H and O–H groups in total. The Balaban J connectivity index is 2.90. The maximum absolute atomic E-state index is 9.64. The molecule has 0 aliphatic heterocycles. The highest BCUT2D eigenvalue weighted by atomic mass is 79.9. The van der Waals surface area contributed by atoms with Gasteiger partial charge >= 0.3 is 0 Å². The Morgan fingerprint density at radius 3 is 2.52 bits per heavy atom. The maximum Gasteiger partial charge on any atom is 0.175 e. The molecule has 1 rings (SSSR count). The summed E-state index contributed by atoms with van der Waals surface area (Å²) in [5.41, 5.74) is 1.13. The van der Waals surface area contributed by atoms with Crippen molar-refractivity contribution in [2.24, 2.45) is 0 Å². The van der Waals surface area contributed by atoms with Crippen molar-refractivity contribution in [3.8, 4) is 11.5 Å². The number of halogens is 1. The van der Waals surface area contributed by atoms with Gasteiger partial charge in [0.25, 0.3) is 0 Å². The standard InChI is InChI=1S/C16H26BrNO3/c1-5-13(19)10-21-16-14(17)7-12(9-18-11(3)4)8-15(16)20-6-2/h7-8,11,13,18-19H,5-6,9-10H2,1-4H3. The first-order valence-corrected chi connectivity index (χ1v) is 8.26. The Bertz CT molecular complexity index is 438. The second-order valence-electron chi connectivity index (χ2n) is 5.25. The third kappa shape index (κ3) is 6.24. The average Bonchev–Trinajstić information content (AvgIpc) is 2.44. The quantitative estimate of drug-likeness (QED) is 0.708. The third-order valence-electron chi connectivity index (χ3n) is 2.97. The van der Waals surface area contributed by atoms with E-state index in [2.05, 4.69) is 35.1 Å². The van der Waals surface area contributed by atoms with Gasteiger partial charge < -0.3 is 19.9 Å². The highest BCUT2D eigenvalue weighted by Crippen LogP contribution is 2.37. The molecule has 1 aromatic rings. The van der Waals surface area contributed by atoms with Crippen LogP contribution in [0, 0.1) is 0 Å². The molecule has 120 valence electrons. The molecule has 4 nitrogen and oxygen atoms in total. The number of hydrogen-bond acceptors (Lipinski definition) is 4. The summed E-state index contributed by atoms with van der Waals surface area (Å²) in [5, 5.41) is 13.0. The summed E-state index contributed by atoms with van der Waals surface area (Å²) in [6.45, 7) is 9.70. The van der Waals surface area contributed by atoms with Crippen molar-refractivity contribution >= 4 is 15.9 Å². The number of ether oxygens (including phenoxy) is 2. The Hall–Kier alpha value is -0.780. The maximum atomic E-state index is 9.64. The number of aliphatic hydroxyl groups is 1. The summed E-state index contributed by atoms with van der Waals surface area (Å²) < 4.78 is 12.2. The topological polar surface area (TPSA) is 50.7 Å². The number of benzene rings is 1. The van der Waals surface area contributed by atoms with Gasteiger partial charge in [0.15, 0.2) is 11.5 Å². The van der Waals surface area contributed by atoms with E-state index in [4.69, 9.17) is 9.47 Å². The SMILES string of the molecule is CCOc1cc(CNC(C)C)cc(Br)c1OCC(O)CC. The molecule has 5 heteroatoms. The van der Waals surface area contributed by atoms with Crippen LogP contribution in [0.15, 0.2) is 16.6 Å². The molecule has 0 spiro atoms. The van der Waals surface area contributed by atoms with Gasteiger partial charge in [0.2, 0.25) is 0 Å². The Labute approximate surface area is 136 Å². The molecule has 0 saturated carbocycles. The van der Waals surface area contributed by atoms with Gasteiger partial charge in [-0.2, -0.15) is 0 Å². The first kappa shape index (κ1) is 18.3. The third-order valence-corrected chi connectivity index (χ3v) is 3.56. The van der Waals surface area contributed by atoms with E-state index >= 15 is 0 Å². The van der Waals surface area contributed by atoms with Crippen molar-refractivity contribution in [2.75, 3.05) is 13.2 Å². The van der Waals surface area contributed by atoms with Crippen LogP contribution in [0.1, 0.15) is 39.7 Å². The summed E-state index contributed by atoms with van der Waals surface area (Å²) in [5.74, 6) is 1.35. The minimum atomic E-state index is -0.464. The van der Waals surface area contributed by atoms with Crippen LogP contribution in [0.25, 0.3) is 0 Å². The van der Waals surface area contributed by atoms with Crippen LogP contribution >= 0.6 is 15.9 Å². The van der Waals surface area contributed by atoms with Crippen molar-refractivity contribution in [2.45, 2.75) is 52.8 Å². The zero-order chi connectivity index (χ0) is 15.8. The molecule has 0 radical (unpaired) electrons. The number of aliphatic hydroxyl groups excluding tert-OH is 1. The highest BCUT2D eigenvalue weighted by molar-refractivity contribution is 9.10. The second kappa shape index (κ2) is 9.28. The van der Waals surface area contributed by atoms with Crippen LogP contribution in [0.3, 0.4) is 0 Å². The smallest absolute Gasteiger partial charge is 0.175 e. The van der Waals surface area contributed by atoms with Crippen molar-refractivity contribution in [1.82, 2.24) is 5.32 Å². The first-order chi connectivity index (χ1) is 9.97. The average molecular weight is 360 g/mol. The van der Waals surface area contributed by atoms with Gasteiger partial charge in [-0.05, 0) is 47.0 Å². The van der Waals surface area contributed by atoms with Gasteiger partial charge in [-0.25, -0.2) is 0 Å². The molecule has 0 fully saturated rings. The molecule has 0 aliphatic carbocycles. The van der Waals surface area contributed by atoms with Gasteiger partial charge in [-0.15, -0.1) is 0 Å². The van der Waals surface area contributed by atoms with Crippen LogP contribution in [0.4, 0.5) is 0 Å². The fraction of sp³-hybridized carbons (Fsp3) is 0.625. The van der Waals surface area contributed by atoms with Gasteiger partial charge in [0.05, 0.1) is 17.2 Å². The molecule has 21 heavy (non-hydrogen) atoms. The molecule has 0 amide bonds. The Morgan fingerprint density at radius 2 is 1.95 bits per heavy atom. The van der Waals surface area contributed by atoms with Gasteiger partial charge in [-0.1, -0.05) is 20.8 Å². The molecule has 0 bridgehead atoms. The lowest BCUT2D eigenvalue weighted by Crippen LogP contribution is -2.22. The zero-order valence-electron chi connectivity index (χ0n) is 13.3. The van der Waals surface area contributed by atoms with E-state index in [0.717, 1.165) is 16.6 Å². The summed E-state index contributed by atoms with van der Waals surface area (Å²) in [4.78, 5) is 0. The van der Waals surface area contributed by atoms with E-state index in [1.165, 1.54) is 0 Å². The lowest BCUT2D eigenvalue weighted by atomic mass is 10.2. The lowest BCUT2D eigenvalue weighted by molar-refractivity contribution is 0.102. The van der Waals surface area contributed by atoms with Crippen LogP contribution in [0.5, 0.6) is 11.5 Å². The first-order valence-electron chi connectivity index (χ1n) is 7.47. The monoisotopic (exact) mass is 359 g/mol. The molecule has 1 unspecified atom stereocenters. The van der Waals surface area contributed by atoms with Gasteiger partial charge in [0, 0.05) is 12.6 Å². The fourth-order valence-corrected chi connectivity index (χ4v) is 2.35. The predicted octanol–water partition coefficient (Wildman–Crippen LogP) is 3.50.